The number of rotatable bonds is 5. The standard InChI is InChI=1S/C15H21NO2/c1-13-5-2-3-7-15(13)18-10-9-16-8-4-6-14(11-16)12-17/h2-3,5,7,12,14H,4,6,8-11H2,1H3. The summed E-state index contributed by atoms with van der Waals surface area (Å²) in [6, 6.07) is 8.06. The van der Waals surface area contributed by atoms with Gasteiger partial charge in [0.05, 0.1) is 0 Å². The molecule has 18 heavy (non-hydrogen) atoms. The Morgan fingerprint density at radius 3 is 3.06 bits per heavy atom. The van der Waals surface area contributed by atoms with Gasteiger partial charge in [-0.1, -0.05) is 18.2 Å². The first-order chi connectivity index (χ1) is 8.79. The third-order valence-corrected chi connectivity index (χ3v) is 3.49. The maximum Gasteiger partial charge on any atom is 0.124 e. The van der Waals surface area contributed by atoms with Crippen LogP contribution in [0.4, 0.5) is 0 Å². The Labute approximate surface area is 109 Å². The molecule has 1 aromatic carbocycles. The molecule has 0 N–H and O–H groups in total. The average Bonchev–Trinajstić information content (AvgIpc) is 2.41. The van der Waals surface area contributed by atoms with Gasteiger partial charge in [-0.3, -0.25) is 4.90 Å². The topological polar surface area (TPSA) is 29.5 Å². The molecular formula is C15H21NO2. The van der Waals surface area contributed by atoms with Crippen LogP contribution in [0.5, 0.6) is 5.75 Å². The SMILES string of the molecule is Cc1ccccc1OCCN1CCCC(C=O)C1. The van der Waals surface area contributed by atoms with Crippen molar-refractivity contribution < 1.29 is 9.53 Å². The van der Waals surface area contributed by atoms with Crippen molar-refractivity contribution in [2.24, 2.45) is 5.92 Å². The molecular weight excluding hydrogens is 226 g/mol. The molecule has 1 aromatic rings. The van der Waals surface area contributed by atoms with E-state index in [-0.39, 0.29) is 5.92 Å². The molecule has 98 valence electrons. The summed E-state index contributed by atoms with van der Waals surface area (Å²) in [4.78, 5) is 13.1. The molecule has 1 saturated heterocycles. The molecule has 0 radical (unpaired) electrons. The number of ether oxygens (including phenoxy) is 1. The Morgan fingerprint density at radius 2 is 2.28 bits per heavy atom. The van der Waals surface area contributed by atoms with Gasteiger partial charge >= 0.3 is 0 Å². The minimum Gasteiger partial charge on any atom is -0.492 e. The molecule has 0 amide bonds. The van der Waals surface area contributed by atoms with Crippen molar-refractivity contribution in [2.75, 3.05) is 26.2 Å². The number of hydrogen-bond acceptors (Lipinski definition) is 3. The number of hydrogen-bond donors (Lipinski definition) is 0. The highest BCUT2D eigenvalue weighted by Crippen LogP contribution is 2.17. The fraction of sp³-hybridized carbons (Fsp3) is 0.533. The van der Waals surface area contributed by atoms with Gasteiger partial charge in [0.25, 0.3) is 0 Å². The Kier molecular flexibility index (Phi) is 4.76. The number of carbonyl (C=O) groups is 1. The van der Waals surface area contributed by atoms with Crippen LogP contribution in [-0.2, 0) is 4.79 Å². The number of para-hydroxylation sites is 1. The van der Waals surface area contributed by atoms with Crippen LogP contribution in [0.2, 0.25) is 0 Å². The van der Waals surface area contributed by atoms with E-state index >= 15 is 0 Å². The third-order valence-electron chi connectivity index (χ3n) is 3.49. The van der Waals surface area contributed by atoms with Gasteiger partial charge in [0.2, 0.25) is 0 Å². The van der Waals surface area contributed by atoms with E-state index in [1.807, 2.05) is 18.2 Å². The van der Waals surface area contributed by atoms with Crippen molar-refractivity contribution in [1.82, 2.24) is 4.90 Å². The molecule has 0 bridgehead atoms. The molecule has 3 heteroatoms. The molecule has 1 aliphatic rings. The maximum absolute atomic E-state index is 10.8. The zero-order valence-corrected chi connectivity index (χ0v) is 11.0. The highest BCUT2D eigenvalue weighted by molar-refractivity contribution is 5.53. The van der Waals surface area contributed by atoms with Gasteiger partial charge in [0.15, 0.2) is 0 Å². The average molecular weight is 247 g/mol. The second kappa shape index (κ2) is 6.55. The van der Waals surface area contributed by atoms with Crippen molar-refractivity contribution in [2.45, 2.75) is 19.8 Å². The summed E-state index contributed by atoms with van der Waals surface area (Å²) in [5.41, 5.74) is 1.17. The summed E-state index contributed by atoms with van der Waals surface area (Å²) in [6.07, 6.45) is 3.25. The summed E-state index contributed by atoms with van der Waals surface area (Å²) in [5, 5.41) is 0. The van der Waals surface area contributed by atoms with Gasteiger partial charge in [0, 0.05) is 19.0 Å². The summed E-state index contributed by atoms with van der Waals surface area (Å²) in [5.74, 6) is 1.18. The molecule has 2 rings (SSSR count). The number of carbonyl (C=O) groups excluding carboxylic acids is 1. The monoisotopic (exact) mass is 247 g/mol. The second-order valence-electron chi connectivity index (χ2n) is 4.95. The Bertz CT molecular complexity index is 392. The van der Waals surface area contributed by atoms with Crippen LogP contribution in [0.1, 0.15) is 18.4 Å². The number of aldehydes is 1. The summed E-state index contributed by atoms with van der Waals surface area (Å²) >= 11 is 0. The molecule has 0 spiro atoms. The predicted octanol–water partition coefficient (Wildman–Crippen LogP) is 2.28. The molecule has 0 aromatic heterocycles. The van der Waals surface area contributed by atoms with E-state index in [0.29, 0.717) is 6.61 Å². The Hall–Kier alpha value is -1.35. The molecule has 1 atom stereocenters. The molecule has 1 unspecified atom stereocenters. The lowest BCUT2D eigenvalue weighted by atomic mass is 10.00. The van der Waals surface area contributed by atoms with Crippen LogP contribution >= 0.6 is 0 Å². The second-order valence-corrected chi connectivity index (χ2v) is 4.95. The van der Waals surface area contributed by atoms with Crippen LogP contribution in [-0.4, -0.2) is 37.4 Å². The van der Waals surface area contributed by atoms with E-state index in [0.717, 1.165) is 44.5 Å². The fourth-order valence-electron chi connectivity index (χ4n) is 2.41. The first-order valence-corrected chi connectivity index (χ1v) is 6.65. The van der Waals surface area contributed by atoms with Gasteiger partial charge in [-0.2, -0.15) is 0 Å². The van der Waals surface area contributed by atoms with Gasteiger partial charge in [-0.15, -0.1) is 0 Å². The lowest BCUT2D eigenvalue weighted by molar-refractivity contribution is -0.112. The predicted molar refractivity (Wildman–Crippen MR) is 71.9 cm³/mol. The largest absolute Gasteiger partial charge is 0.492 e. The zero-order chi connectivity index (χ0) is 12.8. The Morgan fingerprint density at radius 1 is 1.44 bits per heavy atom. The van der Waals surface area contributed by atoms with E-state index in [4.69, 9.17) is 4.74 Å². The molecule has 0 aliphatic carbocycles. The number of likely N-dealkylation sites (tertiary alicyclic amines) is 1. The first kappa shape index (κ1) is 13.1. The van der Waals surface area contributed by atoms with Crippen LogP contribution in [0, 0.1) is 12.8 Å². The van der Waals surface area contributed by atoms with Crippen molar-refractivity contribution in [3.05, 3.63) is 29.8 Å². The number of nitrogens with zero attached hydrogens (tertiary/aromatic N) is 1. The summed E-state index contributed by atoms with van der Waals surface area (Å²) in [7, 11) is 0. The highest BCUT2D eigenvalue weighted by atomic mass is 16.5. The summed E-state index contributed by atoms with van der Waals surface area (Å²) < 4.78 is 5.78. The first-order valence-electron chi connectivity index (χ1n) is 6.65. The van der Waals surface area contributed by atoms with Crippen LogP contribution in [0.25, 0.3) is 0 Å². The maximum atomic E-state index is 10.8. The van der Waals surface area contributed by atoms with Crippen LogP contribution < -0.4 is 4.74 Å². The van der Waals surface area contributed by atoms with Gasteiger partial charge < -0.3 is 9.53 Å². The number of benzene rings is 1. The van der Waals surface area contributed by atoms with Gasteiger partial charge in [-0.05, 0) is 37.9 Å². The highest BCUT2D eigenvalue weighted by Gasteiger charge is 2.18. The molecule has 1 heterocycles. The minimum absolute atomic E-state index is 0.220. The van der Waals surface area contributed by atoms with E-state index in [1.54, 1.807) is 0 Å². The smallest absolute Gasteiger partial charge is 0.124 e. The van der Waals surface area contributed by atoms with Crippen molar-refractivity contribution in [3.63, 3.8) is 0 Å². The van der Waals surface area contributed by atoms with E-state index in [9.17, 15) is 4.79 Å². The number of aryl methyl sites for hydroxylation is 1. The quantitative estimate of drug-likeness (QED) is 0.748. The van der Waals surface area contributed by atoms with Gasteiger partial charge in [-0.25, -0.2) is 0 Å². The lowest BCUT2D eigenvalue weighted by Gasteiger charge is -2.29. The molecule has 0 saturated carbocycles. The van der Waals surface area contributed by atoms with Crippen molar-refractivity contribution >= 4 is 6.29 Å². The molecule has 1 aliphatic heterocycles. The number of piperidine rings is 1. The lowest BCUT2D eigenvalue weighted by Crippen LogP contribution is -2.38. The van der Waals surface area contributed by atoms with E-state index in [1.165, 1.54) is 5.56 Å². The molecule has 3 nitrogen and oxygen atoms in total. The summed E-state index contributed by atoms with van der Waals surface area (Å²) in [6.45, 7) is 5.62. The van der Waals surface area contributed by atoms with Crippen molar-refractivity contribution in [3.8, 4) is 5.75 Å². The van der Waals surface area contributed by atoms with Crippen LogP contribution in [0.3, 0.4) is 0 Å². The zero-order valence-electron chi connectivity index (χ0n) is 11.0. The minimum atomic E-state index is 0.220. The van der Waals surface area contributed by atoms with E-state index in [2.05, 4.69) is 17.9 Å². The fourth-order valence-corrected chi connectivity index (χ4v) is 2.41. The Balaban J connectivity index is 1.75. The normalized spacial score (nSPS) is 20.6. The van der Waals surface area contributed by atoms with Gasteiger partial charge in [0.1, 0.15) is 18.6 Å². The van der Waals surface area contributed by atoms with Crippen LogP contribution in [0.15, 0.2) is 24.3 Å². The van der Waals surface area contributed by atoms with E-state index < -0.39 is 0 Å². The molecule has 1 fully saturated rings. The van der Waals surface area contributed by atoms with Crippen molar-refractivity contribution in [1.29, 1.82) is 0 Å². The third kappa shape index (κ3) is 3.57.